The van der Waals surface area contributed by atoms with E-state index in [4.69, 9.17) is 5.11 Å². The summed E-state index contributed by atoms with van der Waals surface area (Å²) in [6.45, 7) is 1.59. The second-order valence-electron chi connectivity index (χ2n) is 5.29. The van der Waals surface area contributed by atoms with Crippen LogP contribution >= 0.6 is 0 Å². The quantitative estimate of drug-likeness (QED) is 0.704. The second kappa shape index (κ2) is 4.88. The van der Waals surface area contributed by atoms with Crippen LogP contribution < -0.4 is 5.32 Å². The molecular formula is C14H16N2O4. The van der Waals surface area contributed by atoms with E-state index in [1.807, 2.05) is 6.07 Å². The van der Waals surface area contributed by atoms with Crippen molar-refractivity contribution >= 4 is 11.9 Å². The van der Waals surface area contributed by atoms with E-state index >= 15 is 0 Å². The van der Waals surface area contributed by atoms with Crippen molar-refractivity contribution in [3.8, 4) is 0 Å². The molecule has 1 fully saturated rings. The maximum Gasteiger partial charge on any atom is 0.326 e. The third kappa shape index (κ3) is 2.17. The first kappa shape index (κ1) is 13.1. The fourth-order valence-electron chi connectivity index (χ4n) is 2.87. The number of carbonyl (C=O) groups excluding carboxylic acids is 1. The number of β-amino-alcohol motifs (C(OH)–C–C–N with tert-alkyl or cyclic N) is 1. The number of carboxylic acids is 1. The molecule has 6 heteroatoms. The van der Waals surface area contributed by atoms with Crippen LogP contribution in [0.4, 0.5) is 0 Å². The van der Waals surface area contributed by atoms with E-state index < -0.39 is 18.1 Å². The molecule has 0 aliphatic carbocycles. The highest BCUT2D eigenvalue weighted by atomic mass is 16.4. The van der Waals surface area contributed by atoms with Gasteiger partial charge in [0, 0.05) is 31.6 Å². The second-order valence-corrected chi connectivity index (χ2v) is 5.29. The highest BCUT2D eigenvalue weighted by Gasteiger charge is 2.39. The topological polar surface area (TPSA) is 89.9 Å². The molecule has 3 N–H and O–H groups in total. The molecule has 1 aromatic rings. The molecule has 0 bridgehead atoms. The zero-order chi connectivity index (χ0) is 14.3. The molecule has 0 radical (unpaired) electrons. The van der Waals surface area contributed by atoms with E-state index in [2.05, 4.69) is 5.32 Å². The number of fused-ring (bicyclic) bond motifs is 1. The lowest BCUT2D eigenvalue weighted by Gasteiger charge is -2.21. The molecule has 106 valence electrons. The standard InChI is InChI=1S/C14H16N2O4/c17-11-4-12(14(19)20)16(7-11)13(18)8-1-2-9-5-15-6-10(9)3-8/h1-3,11-12,15,17H,4-7H2,(H,19,20). The number of carbonyl (C=O) groups is 2. The number of nitrogens with one attached hydrogen (secondary N) is 1. The van der Waals surface area contributed by atoms with Crippen molar-refractivity contribution in [1.29, 1.82) is 0 Å². The van der Waals surface area contributed by atoms with Crippen molar-refractivity contribution in [2.24, 2.45) is 0 Å². The number of hydrogen-bond acceptors (Lipinski definition) is 4. The van der Waals surface area contributed by atoms with Gasteiger partial charge in [-0.25, -0.2) is 4.79 Å². The third-order valence-corrected chi connectivity index (χ3v) is 3.91. The van der Waals surface area contributed by atoms with Gasteiger partial charge < -0.3 is 20.4 Å². The normalized spacial score (nSPS) is 24.8. The van der Waals surface area contributed by atoms with Crippen molar-refractivity contribution in [1.82, 2.24) is 10.2 Å². The van der Waals surface area contributed by atoms with Gasteiger partial charge in [0.2, 0.25) is 0 Å². The summed E-state index contributed by atoms with van der Waals surface area (Å²) < 4.78 is 0. The minimum atomic E-state index is -1.07. The number of hydrogen-bond donors (Lipinski definition) is 3. The molecule has 20 heavy (non-hydrogen) atoms. The van der Waals surface area contributed by atoms with Gasteiger partial charge in [0.15, 0.2) is 0 Å². The molecule has 2 atom stereocenters. The van der Waals surface area contributed by atoms with Crippen molar-refractivity contribution in [3.63, 3.8) is 0 Å². The van der Waals surface area contributed by atoms with Crippen LogP contribution in [0.1, 0.15) is 27.9 Å². The number of carboxylic acid groups (broad SMARTS) is 1. The number of nitrogens with zero attached hydrogens (tertiary/aromatic N) is 1. The molecule has 1 aromatic carbocycles. The maximum atomic E-state index is 12.4. The first-order valence-electron chi connectivity index (χ1n) is 6.60. The fraction of sp³-hybridized carbons (Fsp3) is 0.429. The van der Waals surface area contributed by atoms with Crippen LogP contribution in [0.5, 0.6) is 0 Å². The number of benzene rings is 1. The van der Waals surface area contributed by atoms with Gasteiger partial charge in [-0.05, 0) is 23.3 Å². The largest absolute Gasteiger partial charge is 0.480 e. The predicted molar refractivity (Wildman–Crippen MR) is 70.1 cm³/mol. The summed E-state index contributed by atoms with van der Waals surface area (Å²) in [5.74, 6) is -1.40. The molecule has 3 rings (SSSR count). The minimum absolute atomic E-state index is 0.0745. The molecule has 2 unspecified atom stereocenters. The molecule has 0 saturated carbocycles. The Hall–Kier alpha value is -1.92. The van der Waals surface area contributed by atoms with Crippen molar-refractivity contribution < 1.29 is 19.8 Å². The molecular weight excluding hydrogens is 260 g/mol. The first-order chi connectivity index (χ1) is 9.56. The Bertz CT molecular complexity index is 572. The summed E-state index contributed by atoms with van der Waals surface area (Å²) in [7, 11) is 0. The van der Waals surface area contributed by atoms with Gasteiger partial charge in [0.05, 0.1) is 6.10 Å². The lowest BCUT2D eigenvalue weighted by atomic mass is 10.1. The average molecular weight is 276 g/mol. The summed E-state index contributed by atoms with van der Waals surface area (Å²) in [6, 6.07) is 4.48. The van der Waals surface area contributed by atoms with Gasteiger partial charge in [0.25, 0.3) is 5.91 Å². The lowest BCUT2D eigenvalue weighted by molar-refractivity contribution is -0.141. The van der Waals surface area contributed by atoms with Gasteiger partial charge in [-0.3, -0.25) is 4.79 Å². The number of rotatable bonds is 2. The Balaban J connectivity index is 1.86. The van der Waals surface area contributed by atoms with Gasteiger partial charge in [0.1, 0.15) is 6.04 Å². The molecule has 2 heterocycles. The average Bonchev–Trinajstić information content (AvgIpc) is 3.02. The van der Waals surface area contributed by atoms with Gasteiger partial charge >= 0.3 is 5.97 Å². The zero-order valence-corrected chi connectivity index (χ0v) is 10.9. The number of aliphatic hydroxyl groups excluding tert-OH is 1. The summed E-state index contributed by atoms with van der Waals surface area (Å²) in [4.78, 5) is 24.9. The van der Waals surface area contributed by atoms with E-state index in [1.54, 1.807) is 12.1 Å². The van der Waals surface area contributed by atoms with Crippen LogP contribution in [0.15, 0.2) is 18.2 Å². The summed E-state index contributed by atoms with van der Waals surface area (Å²) in [5, 5.41) is 21.9. The van der Waals surface area contributed by atoms with Crippen LogP contribution in [0.25, 0.3) is 0 Å². The number of likely N-dealkylation sites (tertiary alicyclic amines) is 1. The Morgan fingerprint density at radius 1 is 1.25 bits per heavy atom. The molecule has 1 amide bonds. The van der Waals surface area contributed by atoms with Crippen molar-refractivity contribution in [2.75, 3.05) is 6.54 Å². The Labute approximate surface area is 116 Å². The monoisotopic (exact) mass is 276 g/mol. The summed E-state index contributed by atoms with van der Waals surface area (Å²) in [5.41, 5.74) is 2.72. The molecule has 6 nitrogen and oxygen atoms in total. The van der Waals surface area contributed by atoms with Crippen LogP contribution in [-0.2, 0) is 17.9 Å². The highest BCUT2D eigenvalue weighted by molar-refractivity contribution is 5.97. The van der Waals surface area contributed by atoms with Crippen LogP contribution in [0.2, 0.25) is 0 Å². The maximum absolute atomic E-state index is 12.4. The fourth-order valence-corrected chi connectivity index (χ4v) is 2.87. The van der Waals surface area contributed by atoms with Crippen LogP contribution in [0.3, 0.4) is 0 Å². The van der Waals surface area contributed by atoms with Gasteiger partial charge in [-0.15, -0.1) is 0 Å². The lowest BCUT2D eigenvalue weighted by Crippen LogP contribution is -2.40. The molecule has 0 aromatic heterocycles. The van der Waals surface area contributed by atoms with E-state index in [0.717, 1.165) is 24.2 Å². The van der Waals surface area contributed by atoms with Gasteiger partial charge in [-0.2, -0.15) is 0 Å². The van der Waals surface area contributed by atoms with E-state index in [0.29, 0.717) is 5.56 Å². The number of aliphatic hydroxyl groups is 1. The first-order valence-corrected chi connectivity index (χ1v) is 6.60. The smallest absolute Gasteiger partial charge is 0.326 e. The third-order valence-electron chi connectivity index (χ3n) is 3.91. The Morgan fingerprint density at radius 3 is 2.75 bits per heavy atom. The predicted octanol–water partition coefficient (Wildman–Crippen LogP) is -0.0502. The van der Waals surface area contributed by atoms with Crippen LogP contribution in [-0.4, -0.2) is 45.7 Å². The SMILES string of the molecule is O=C(O)C1CC(O)CN1C(=O)c1ccc2c(c1)CNC2. The highest BCUT2D eigenvalue weighted by Crippen LogP contribution is 2.23. The van der Waals surface area contributed by atoms with E-state index in [1.165, 1.54) is 4.90 Å². The van der Waals surface area contributed by atoms with Crippen LogP contribution in [0, 0.1) is 0 Å². The Kier molecular flexibility index (Phi) is 3.19. The molecule has 1 saturated heterocycles. The molecule has 0 spiro atoms. The van der Waals surface area contributed by atoms with Gasteiger partial charge in [-0.1, -0.05) is 6.07 Å². The number of aliphatic carboxylic acids is 1. The summed E-state index contributed by atoms with van der Waals surface area (Å²) in [6.07, 6.45) is -0.677. The molecule has 2 aliphatic heterocycles. The number of amides is 1. The van der Waals surface area contributed by atoms with Crippen molar-refractivity contribution in [2.45, 2.75) is 31.7 Å². The summed E-state index contributed by atoms with van der Waals surface area (Å²) >= 11 is 0. The minimum Gasteiger partial charge on any atom is -0.480 e. The van der Waals surface area contributed by atoms with E-state index in [-0.39, 0.29) is 18.9 Å². The van der Waals surface area contributed by atoms with Crippen molar-refractivity contribution in [3.05, 3.63) is 34.9 Å². The van der Waals surface area contributed by atoms with E-state index in [9.17, 15) is 14.7 Å². The Morgan fingerprint density at radius 2 is 2.00 bits per heavy atom. The molecule has 2 aliphatic rings. The zero-order valence-electron chi connectivity index (χ0n) is 10.9.